The lowest BCUT2D eigenvalue weighted by Gasteiger charge is -2.33. The van der Waals surface area contributed by atoms with Gasteiger partial charge in [0.2, 0.25) is 0 Å². The van der Waals surface area contributed by atoms with Gasteiger partial charge in [-0.1, -0.05) is 85.0 Å². The zero-order valence-corrected chi connectivity index (χ0v) is 18.9. The van der Waals surface area contributed by atoms with Gasteiger partial charge in [0.25, 0.3) is 0 Å². The van der Waals surface area contributed by atoms with Crippen molar-refractivity contribution < 1.29 is 18.1 Å². The van der Waals surface area contributed by atoms with E-state index in [-0.39, 0.29) is 0 Å². The third-order valence-electron chi connectivity index (χ3n) is 4.63. The Labute approximate surface area is 176 Å². The summed E-state index contributed by atoms with van der Waals surface area (Å²) in [5.74, 6) is 0. The molecule has 2 aromatic rings. The number of nitrogens with zero attached hydrogens (tertiary/aromatic N) is 3. The van der Waals surface area contributed by atoms with Crippen molar-refractivity contribution in [3.63, 3.8) is 0 Å². The Morgan fingerprint density at radius 2 is 0.900 bits per heavy atom. The Kier molecular flexibility index (Phi) is 5.79. The summed E-state index contributed by atoms with van der Waals surface area (Å²) in [4.78, 5) is 0. The number of benzene rings is 2. The van der Waals surface area contributed by atoms with Gasteiger partial charge in [-0.3, -0.25) is 0 Å². The van der Waals surface area contributed by atoms with E-state index in [4.69, 9.17) is 31.6 Å². The molecule has 0 saturated carbocycles. The van der Waals surface area contributed by atoms with Gasteiger partial charge in [0, 0.05) is 10.6 Å². The highest BCUT2D eigenvalue weighted by atomic mass is 31.3. The third kappa shape index (κ3) is 3.88. The Bertz CT molecular complexity index is 1050. The van der Waals surface area contributed by atoms with Gasteiger partial charge in [0.05, 0.1) is 26.4 Å². The lowest BCUT2D eigenvalue weighted by Crippen LogP contribution is -2.16. The summed E-state index contributed by atoms with van der Waals surface area (Å²) in [7, 11) is -8.74. The monoisotopic (exact) mass is 461 g/mol. The van der Waals surface area contributed by atoms with E-state index in [9.17, 15) is 0 Å². The minimum Gasteiger partial charge on any atom is -0.302 e. The van der Waals surface area contributed by atoms with Crippen LogP contribution in [0.15, 0.2) is 98.5 Å². The van der Waals surface area contributed by atoms with Gasteiger partial charge in [-0.2, -0.15) is 9.03 Å². The normalized spacial score (nSPS) is 23.6. The summed E-state index contributed by atoms with van der Waals surface area (Å²) in [5, 5.41) is 2.00. The van der Waals surface area contributed by atoms with Crippen molar-refractivity contribution in [2.45, 2.75) is 0 Å². The molecule has 0 N–H and O–H groups in total. The van der Waals surface area contributed by atoms with Crippen molar-refractivity contribution in [1.29, 1.82) is 0 Å². The fourth-order valence-corrected chi connectivity index (χ4v) is 14.5. The molecular weight excluding hydrogens is 439 g/mol. The molecule has 7 nitrogen and oxygen atoms in total. The van der Waals surface area contributed by atoms with E-state index in [1.54, 1.807) is 0 Å². The van der Waals surface area contributed by atoms with Crippen molar-refractivity contribution in [2.75, 3.05) is 26.4 Å². The van der Waals surface area contributed by atoms with Gasteiger partial charge in [-0.05, 0) is 0 Å². The molecule has 0 fully saturated rings. The minimum atomic E-state index is -3.02. The van der Waals surface area contributed by atoms with Crippen LogP contribution >= 0.6 is 22.5 Å². The van der Waals surface area contributed by atoms with Gasteiger partial charge >= 0.3 is 15.3 Å². The first-order chi connectivity index (χ1) is 14.7. The highest BCUT2D eigenvalue weighted by Crippen LogP contribution is 2.79. The molecule has 10 heteroatoms. The first-order valence-electron chi connectivity index (χ1n) is 9.65. The van der Waals surface area contributed by atoms with Crippen LogP contribution < -0.4 is 10.6 Å². The van der Waals surface area contributed by atoms with Crippen molar-refractivity contribution >= 4 is 33.1 Å². The quantitative estimate of drug-likeness (QED) is 0.415. The second-order valence-electron chi connectivity index (χ2n) is 6.65. The SMILES string of the molecule is C1=CCOP2(=NP3(=NP(c4ccccc4)(c4ccccc4)=N2)OCC=CCO3)OC1. The number of hydrogen-bond acceptors (Lipinski definition) is 7. The van der Waals surface area contributed by atoms with Gasteiger partial charge in [-0.25, -0.2) is 0 Å². The molecule has 0 atom stereocenters. The first kappa shape index (κ1) is 20.4. The van der Waals surface area contributed by atoms with E-state index in [0.717, 1.165) is 10.6 Å². The fraction of sp³-hybridized carbons (Fsp3) is 0.200. The predicted molar refractivity (Wildman–Crippen MR) is 122 cm³/mol. The van der Waals surface area contributed by atoms with E-state index < -0.39 is 22.5 Å². The molecule has 0 aromatic heterocycles. The number of hydrogen-bond donors (Lipinski definition) is 0. The predicted octanol–water partition coefficient (Wildman–Crippen LogP) is 5.87. The van der Waals surface area contributed by atoms with Crippen molar-refractivity contribution in [2.24, 2.45) is 13.5 Å². The molecule has 0 amide bonds. The van der Waals surface area contributed by atoms with Crippen LogP contribution in [0.5, 0.6) is 0 Å². The zero-order valence-electron chi connectivity index (χ0n) is 16.2. The molecule has 30 heavy (non-hydrogen) atoms. The molecule has 5 rings (SSSR count). The van der Waals surface area contributed by atoms with E-state index in [0.29, 0.717) is 26.4 Å². The maximum atomic E-state index is 6.18. The maximum Gasteiger partial charge on any atom is 0.346 e. The molecule has 3 aliphatic rings. The molecule has 0 aliphatic carbocycles. The van der Waals surface area contributed by atoms with Crippen LogP contribution in [-0.4, -0.2) is 26.4 Å². The van der Waals surface area contributed by atoms with E-state index >= 15 is 0 Å². The molecule has 3 aliphatic heterocycles. The Morgan fingerprint density at radius 3 is 1.33 bits per heavy atom. The Balaban J connectivity index is 1.85. The highest BCUT2D eigenvalue weighted by Gasteiger charge is 2.42. The molecular formula is C20H22N3O4P3. The molecule has 0 bridgehead atoms. The molecule has 2 spiro atoms. The van der Waals surface area contributed by atoms with Crippen LogP contribution in [0.4, 0.5) is 0 Å². The van der Waals surface area contributed by atoms with Crippen LogP contribution in [-0.2, 0) is 18.1 Å². The van der Waals surface area contributed by atoms with Crippen molar-refractivity contribution in [3.8, 4) is 0 Å². The summed E-state index contributed by atoms with van der Waals surface area (Å²) in [6.45, 7) is 1.51. The lowest BCUT2D eigenvalue weighted by molar-refractivity contribution is 0.278. The molecule has 0 saturated heterocycles. The molecule has 0 unspecified atom stereocenters. The smallest absolute Gasteiger partial charge is 0.302 e. The van der Waals surface area contributed by atoms with Gasteiger partial charge in [-0.15, -0.1) is 4.52 Å². The van der Waals surface area contributed by atoms with Gasteiger partial charge in [0.1, 0.15) is 7.21 Å². The molecule has 0 radical (unpaired) electrons. The summed E-state index contributed by atoms with van der Waals surface area (Å²) in [5.41, 5.74) is 0. The topological polar surface area (TPSA) is 74.0 Å². The third-order valence-corrected chi connectivity index (χ3v) is 14.3. The highest BCUT2D eigenvalue weighted by molar-refractivity contribution is 7.89. The molecule has 156 valence electrons. The number of rotatable bonds is 2. The van der Waals surface area contributed by atoms with E-state index in [1.807, 2.05) is 60.7 Å². The lowest BCUT2D eigenvalue weighted by atomic mass is 10.4. The fourth-order valence-electron chi connectivity index (χ4n) is 3.26. The van der Waals surface area contributed by atoms with Gasteiger partial charge < -0.3 is 18.1 Å². The van der Waals surface area contributed by atoms with E-state index in [2.05, 4.69) is 24.3 Å². The van der Waals surface area contributed by atoms with E-state index in [1.165, 1.54) is 0 Å². The zero-order chi connectivity index (χ0) is 20.3. The van der Waals surface area contributed by atoms with Gasteiger partial charge in [0.15, 0.2) is 0 Å². The summed E-state index contributed by atoms with van der Waals surface area (Å²) in [6, 6.07) is 20.2. The maximum absolute atomic E-state index is 6.18. The second kappa shape index (κ2) is 8.53. The Morgan fingerprint density at radius 1 is 0.500 bits per heavy atom. The average Bonchev–Trinajstić information content (AvgIpc) is 3.15. The van der Waals surface area contributed by atoms with Crippen LogP contribution in [0.2, 0.25) is 0 Å². The second-order valence-corrected chi connectivity index (χ2v) is 14.0. The van der Waals surface area contributed by atoms with Crippen LogP contribution in [0.1, 0.15) is 0 Å². The molecule has 3 heterocycles. The van der Waals surface area contributed by atoms with Crippen LogP contribution in [0, 0.1) is 0 Å². The first-order valence-corrected chi connectivity index (χ1v) is 14.4. The van der Waals surface area contributed by atoms with Crippen molar-refractivity contribution in [1.82, 2.24) is 0 Å². The van der Waals surface area contributed by atoms with Crippen molar-refractivity contribution in [3.05, 3.63) is 85.0 Å². The molecule has 2 aromatic carbocycles. The summed E-state index contributed by atoms with van der Waals surface area (Å²) in [6.07, 6.45) is 7.71. The van der Waals surface area contributed by atoms with Crippen LogP contribution in [0.25, 0.3) is 0 Å². The summed E-state index contributed by atoms with van der Waals surface area (Å²) >= 11 is 0. The summed E-state index contributed by atoms with van der Waals surface area (Å²) < 4.78 is 40.1. The standard InChI is InChI=1S/C20H22N3O4P3/c1-3-11-19(12-4-1)28(20-13-5-2-6-14-20)21-29(24-15-7-8-16-25-29)23-30(22-28)26-17-9-10-18-27-30/h1-14H,15-18H2. The van der Waals surface area contributed by atoms with Crippen LogP contribution in [0.3, 0.4) is 0 Å². The average molecular weight is 461 g/mol. The Hall–Kier alpha value is -1.55. The minimum absolute atomic E-state index is 0.378. The largest absolute Gasteiger partial charge is 0.346 e.